The van der Waals surface area contributed by atoms with Crippen molar-refractivity contribution in [2.75, 3.05) is 5.32 Å². The highest BCUT2D eigenvalue weighted by Crippen LogP contribution is 2.28. The van der Waals surface area contributed by atoms with Crippen LogP contribution in [0.25, 0.3) is 5.69 Å². The molecule has 1 aromatic heterocycles. The number of benzene rings is 2. The monoisotopic (exact) mass is 406 g/mol. The van der Waals surface area contributed by atoms with Gasteiger partial charge in [0.1, 0.15) is 5.69 Å². The van der Waals surface area contributed by atoms with Gasteiger partial charge in [-0.1, -0.05) is 44.2 Å². The third kappa shape index (κ3) is 3.98. The smallest absolute Gasteiger partial charge is 0.294 e. The lowest BCUT2D eigenvalue weighted by molar-refractivity contribution is -0.384. The Bertz CT molecular complexity index is 1200. The summed E-state index contributed by atoms with van der Waals surface area (Å²) in [6.45, 7) is 7.49. The topological polar surface area (TPSA) is 107 Å². The number of anilines is 1. The number of aryl methyl sites for hydroxylation is 2. The predicted octanol–water partition coefficient (Wildman–Crippen LogP) is 4.13. The van der Waals surface area contributed by atoms with E-state index in [1.165, 1.54) is 22.9 Å². The molecule has 0 radical (unpaired) electrons. The number of carbonyl (C=O) groups excluding carboxylic acids is 1. The molecule has 0 aliphatic carbocycles. The van der Waals surface area contributed by atoms with E-state index < -0.39 is 16.3 Å². The van der Waals surface area contributed by atoms with E-state index in [9.17, 15) is 19.7 Å². The molecule has 30 heavy (non-hydrogen) atoms. The van der Waals surface area contributed by atoms with Gasteiger partial charge in [0.2, 0.25) is 5.43 Å². The molecule has 0 bridgehead atoms. The number of nitro groups is 1. The van der Waals surface area contributed by atoms with Crippen molar-refractivity contribution in [3.63, 3.8) is 0 Å². The summed E-state index contributed by atoms with van der Waals surface area (Å²) in [6, 6.07) is 13.0. The Kier molecular flexibility index (Phi) is 5.77. The Morgan fingerprint density at radius 3 is 2.50 bits per heavy atom. The molecule has 0 spiro atoms. The van der Waals surface area contributed by atoms with E-state index in [2.05, 4.69) is 10.4 Å². The van der Waals surface area contributed by atoms with Crippen LogP contribution in [0.3, 0.4) is 0 Å². The average Bonchev–Trinajstić information content (AvgIpc) is 2.69. The lowest BCUT2D eigenvalue weighted by Crippen LogP contribution is -2.27. The third-order valence-electron chi connectivity index (χ3n) is 4.79. The van der Waals surface area contributed by atoms with Crippen molar-refractivity contribution >= 4 is 17.3 Å². The van der Waals surface area contributed by atoms with Crippen LogP contribution in [0.2, 0.25) is 0 Å². The Morgan fingerprint density at radius 1 is 1.13 bits per heavy atom. The van der Waals surface area contributed by atoms with Gasteiger partial charge >= 0.3 is 0 Å². The van der Waals surface area contributed by atoms with Crippen LogP contribution < -0.4 is 10.7 Å². The third-order valence-corrected chi connectivity index (χ3v) is 4.79. The van der Waals surface area contributed by atoms with E-state index in [0.717, 1.165) is 11.1 Å². The van der Waals surface area contributed by atoms with Crippen LogP contribution in [0.15, 0.2) is 53.3 Å². The fourth-order valence-electron chi connectivity index (χ4n) is 3.26. The molecule has 1 heterocycles. The highest BCUT2D eigenvalue weighted by molar-refractivity contribution is 6.03. The number of hydrogen-bond donors (Lipinski definition) is 1. The number of nitro benzene ring substituents is 1. The van der Waals surface area contributed by atoms with Crippen LogP contribution in [0.1, 0.15) is 47.1 Å². The van der Waals surface area contributed by atoms with Crippen LogP contribution in [0.5, 0.6) is 0 Å². The van der Waals surface area contributed by atoms with E-state index in [1.807, 2.05) is 39.0 Å². The SMILES string of the molecule is Cc1cccc(C(C)C)c1NC(=O)c1nn(-c2ccccc2[N+](=O)[O-])c(C)cc1=O. The Hall–Kier alpha value is -3.81. The van der Waals surface area contributed by atoms with Crippen molar-refractivity contribution in [1.82, 2.24) is 9.78 Å². The highest BCUT2D eigenvalue weighted by Gasteiger charge is 2.21. The molecule has 3 rings (SSSR count). The highest BCUT2D eigenvalue weighted by atomic mass is 16.6. The maximum atomic E-state index is 13.0. The molecule has 0 saturated carbocycles. The second kappa shape index (κ2) is 8.28. The molecule has 8 heteroatoms. The zero-order valence-electron chi connectivity index (χ0n) is 17.2. The van der Waals surface area contributed by atoms with E-state index in [4.69, 9.17) is 0 Å². The minimum Gasteiger partial charge on any atom is -0.320 e. The van der Waals surface area contributed by atoms with Crippen molar-refractivity contribution in [2.24, 2.45) is 0 Å². The summed E-state index contributed by atoms with van der Waals surface area (Å²) in [5, 5.41) is 18.4. The van der Waals surface area contributed by atoms with Crippen LogP contribution in [0, 0.1) is 24.0 Å². The summed E-state index contributed by atoms with van der Waals surface area (Å²) >= 11 is 0. The van der Waals surface area contributed by atoms with Crippen molar-refractivity contribution in [3.05, 3.63) is 91.4 Å². The average molecular weight is 406 g/mol. The summed E-state index contributed by atoms with van der Waals surface area (Å²) in [6.07, 6.45) is 0. The van der Waals surface area contributed by atoms with E-state index in [-0.39, 0.29) is 23.0 Å². The molecule has 0 atom stereocenters. The first-order valence-electron chi connectivity index (χ1n) is 9.46. The molecule has 8 nitrogen and oxygen atoms in total. The van der Waals surface area contributed by atoms with E-state index >= 15 is 0 Å². The van der Waals surface area contributed by atoms with Crippen molar-refractivity contribution in [3.8, 4) is 5.69 Å². The molecule has 3 aromatic rings. The van der Waals surface area contributed by atoms with Gasteiger partial charge in [-0.3, -0.25) is 19.7 Å². The maximum absolute atomic E-state index is 13.0. The normalized spacial score (nSPS) is 10.8. The molecule has 1 amide bonds. The van der Waals surface area contributed by atoms with Crippen molar-refractivity contribution < 1.29 is 9.72 Å². The van der Waals surface area contributed by atoms with Gasteiger partial charge in [0.25, 0.3) is 11.6 Å². The predicted molar refractivity (Wildman–Crippen MR) is 114 cm³/mol. The van der Waals surface area contributed by atoms with Gasteiger partial charge in [0.05, 0.1) is 4.92 Å². The lowest BCUT2D eigenvalue weighted by atomic mass is 9.98. The Labute approximate surface area is 173 Å². The van der Waals surface area contributed by atoms with E-state index in [0.29, 0.717) is 11.4 Å². The molecular weight excluding hydrogens is 384 g/mol. The summed E-state index contributed by atoms with van der Waals surface area (Å²) in [5.74, 6) is -0.502. The number of rotatable bonds is 5. The molecular formula is C22H22N4O4. The van der Waals surface area contributed by atoms with Gasteiger partial charge in [-0.2, -0.15) is 5.10 Å². The Balaban J connectivity index is 2.09. The van der Waals surface area contributed by atoms with Crippen LogP contribution in [-0.2, 0) is 0 Å². The quantitative estimate of drug-likeness (QED) is 0.506. The molecule has 0 aliphatic rings. The van der Waals surface area contributed by atoms with Crippen LogP contribution >= 0.6 is 0 Å². The number of hydrogen-bond acceptors (Lipinski definition) is 5. The first kappa shape index (κ1) is 20.9. The summed E-state index contributed by atoms with van der Waals surface area (Å²) in [4.78, 5) is 36.3. The van der Waals surface area contributed by atoms with E-state index in [1.54, 1.807) is 19.1 Å². The molecule has 2 aromatic carbocycles. The lowest BCUT2D eigenvalue weighted by Gasteiger charge is -2.16. The molecule has 0 unspecified atom stereocenters. The largest absolute Gasteiger partial charge is 0.320 e. The zero-order valence-corrected chi connectivity index (χ0v) is 17.2. The molecule has 0 aliphatic heterocycles. The molecule has 154 valence electrons. The molecule has 0 fully saturated rings. The fourth-order valence-corrected chi connectivity index (χ4v) is 3.26. The van der Waals surface area contributed by atoms with Crippen molar-refractivity contribution in [1.29, 1.82) is 0 Å². The molecule has 1 N–H and O–H groups in total. The number of carbonyl (C=O) groups is 1. The van der Waals surface area contributed by atoms with Crippen LogP contribution in [-0.4, -0.2) is 20.6 Å². The number of nitrogens with zero attached hydrogens (tertiary/aromatic N) is 3. The van der Waals surface area contributed by atoms with Gasteiger partial charge in [-0.15, -0.1) is 0 Å². The maximum Gasteiger partial charge on any atom is 0.294 e. The van der Waals surface area contributed by atoms with Gasteiger partial charge < -0.3 is 5.32 Å². The fraction of sp³-hybridized carbons (Fsp3) is 0.227. The minimum absolute atomic E-state index is 0.162. The minimum atomic E-state index is -0.663. The summed E-state index contributed by atoms with van der Waals surface area (Å²) in [5.41, 5.74) is 1.92. The second-order valence-corrected chi connectivity index (χ2v) is 7.30. The number of nitrogens with one attached hydrogen (secondary N) is 1. The van der Waals surface area contributed by atoms with Crippen molar-refractivity contribution in [2.45, 2.75) is 33.6 Å². The first-order chi connectivity index (χ1) is 14.2. The Morgan fingerprint density at radius 2 is 1.83 bits per heavy atom. The van der Waals surface area contributed by atoms with Crippen LogP contribution in [0.4, 0.5) is 11.4 Å². The summed E-state index contributed by atoms with van der Waals surface area (Å²) in [7, 11) is 0. The number of aromatic nitrogens is 2. The summed E-state index contributed by atoms with van der Waals surface area (Å²) < 4.78 is 1.25. The number of amides is 1. The van der Waals surface area contributed by atoms with Gasteiger partial charge in [0, 0.05) is 23.5 Å². The van der Waals surface area contributed by atoms with Gasteiger partial charge in [-0.25, -0.2) is 4.68 Å². The van der Waals surface area contributed by atoms with Gasteiger partial charge in [0.15, 0.2) is 5.69 Å². The molecule has 0 saturated heterocycles. The first-order valence-corrected chi connectivity index (χ1v) is 9.46. The number of para-hydroxylation sites is 3. The zero-order chi connectivity index (χ0) is 22.0. The van der Waals surface area contributed by atoms with Gasteiger partial charge in [-0.05, 0) is 37.0 Å². The second-order valence-electron chi connectivity index (χ2n) is 7.30. The standard InChI is InChI=1S/C22H22N4O4/c1-13(2)16-9-7-8-14(3)20(16)23-22(28)21-19(27)12-15(4)25(24-21)17-10-5-6-11-18(17)26(29)30/h5-13H,1-4H3,(H,23,28).